The van der Waals surface area contributed by atoms with Gasteiger partial charge in [-0.1, -0.05) is 6.92 Å². The molecule has 1 aromatic carbocycles. The number of rotatable bonds is 2. The number of aliphatic hydroxyl groups is 1. The average molecular weight is 417 g/mol. The first-order valence-corrected chi connectivity index (χ1v) is 10.8. The molecule has 31 heavy (non-hydrogen) atoms. The second-order valence-electron chi connectivity index (χ2n) is 8.78. The molecule has 3 aliphatic rings. The Bertz CT molecular complexity index is 1370. The van der Waals surface area contributed by atoms with Crippen LogP contribution in [0, 0.1) is 0 Å². The normalized spacial score (nSPS) is 20.9. The lowest BCUT2D eigenvalue weighted by atomic mass is 9.75. The number of nitrogens with two attached hydrogens (primary N) is 1. The smallest absolute Gasteiger partial charge is 0.319 e. The SMILES string of the molecule is CCC1(CO)C(=O)OCc2c1cc1n(c2=O)Cc2c-1nc1ccc(N)c3c1c2CCC3. The highest BCUT2D eigenvalue weighted by molar-refractivity contribution is 5.94. The van der Waals surface area contributed by atoms with Gasteiger partial charge in [0.1, 0.15) is 12.0 Å². The van der Waals surface area contributed by atoms with Gasteiger partial charge in [-0.25, -0.2) is 4.98 Å². The summed E-state index contributed by atoms with van der Waals surface area (Å²) < 4.78 is 7.06. The fourth-order valence-corrected chi connectivity index (χ4v) is 5.68. The van der Waals surface area contributed by atoms with Crippen molar-refractivity contribution in [3.05, 3.63) is 56.4 Å². The van der Waals surface area contributed by atoms with Crippen LogP contribution in [0.4, 0.5) is 5.69 Å². The summed E-state index contributed by atoms with van der Waals surface area (Å²) in [7, 11) is 0. The van der Waals surface area contributed by atoms with E-state index in [9.17, 15) is 14.7 Å². The Labute approximate surface area is 178 Å². The maximum absolute atomic E-state index is 13.5. The lowest BCUT2D eigenvalue weighted by Crippen LogP contribution is -2.47. The predicted octanol–water partition coefficient (Wildman–Crippen LogP) is 2.19. The maximum Gasteiger partial charge on any atom is 0.319 e. The molecular formula is C24H23N3O4. The molecule has 1 aliphatic carbocycles. The predicted molar refractivity (Wildman–Crippen MR) is 116 cm³/mol. The molecule has 0 bridgehead atoms. The molecule has 2 aliphatic heterocycles. The Kier molecular flexibility index (Phi) is 3.69. The number of anilines is 1. The van der Waals surface area contributed by atoms with Crippen LogP contribution in [0.3, 0.4) is 0 Å². The van der Waals surface area contributed by atoms with Crippen molar-refractivity contribution in [1.29, 1.82) is 0 Å². The van der Waals surface area contributed by atoms with Crippen LogP contribution in [0.15, 0.2) is 23.0 Å². The average Bonchev–Trinajstić information content (AvgIpc) is 3.16. The molecule has 0 saturated heterocycles. The van der Waals surface area contributed by atoms with Gasteiger partial charge < -0.3 is 20.1 Å². The lowest BCUT2D eigenvalue weighted by Gasteiger charge is -2.34. The van der Waals surface area contributed by atoms with E-state index in [0.717, 1.165) is 52.7 Å². The molecule has 2 aromatic heterocycles. The molecule has 158 valence electrons. The van der Waals surface area contributed by atoms with Gasteiger partial charge in [-0.2, -0.15) is 0 Å². The van der Waals surface area contributed by atoms with E-state index in [1.165, 1.54) is 5.56 Å². The fraction of sp³-hybridized carbons (Fsp3) is 0.375. The minimum Gasteiger partial charge on any atom is -0.460 e. The summed E-state index contributed by atoms with van der Waals surface area (Å²) in [6, 6.07) is 5.74. The number of pyridine rings is 2. The molecule has 4 heterocycles. The van der Waals surface area contributed by atoms with E-state index in [2.05, 4.69) is 0 Å². The highest BCUT2D eigenvalue weighted by Crippen LogP contribution is 2.43. The van der Waals surface area contributed by atoms with Crippen molar-refractivity contribution in [3.63, 3.8) is 0 Å². The number of hydrogen-bond acceptors (Lipinski definition) is 6. The van der Waals surface area contributed by atoms with Gasteiger partial charge in [0.25, 0.3) is 5.56 Å². The monoisotopic (exact) mass is 417 g/mol. The van der Waals surface area contributed by atoms with E-state index in [-0.39, 0.29) is 12.2 Å². The molecule has 1 atom stereocenters. The summed E-state index contributed by atoms with van der Waals surface area (Å²) in [5.74, 6) is -0.478. The van der Waals surface area contributed by atoms with E-state index in [4.69, 9.17) is 15.5 Å². The molecule has 7 nitrogen and oxygen atoms in total. The van der Waals surface area contributed by atoms with Gasteiger partial charge in [0, 0.05) is 16.6 Å². The Morgan fingerprint density at radius 3 is 2.77 bits per heavy atom. The molecule has 0 radical (unpaired) electrons. The number of nitrogen functional groups attached to an aromatic ring is 1. The van der Waals surface area contributed by atoms with Crippen molar-refractivity contribution >= 4 is 22.6 Å². The third kappa shape index (κ3) is 2.19. The van der Waals surface area contributed by atoms with Crippen molar-refractivity contribution in [2.45, 2.75) is 51.2 Å². The summed E-state index contributed by atoms with van der Waals surface area (Å²) in [6.45, 7) is 1.82. The van der Waals surface area contributed by atoms with Gasteiger partial charge in [-0.05, 0) is 60.6 Å². The quantitative estimate of drug-likeness (QED) is 0.382. The van der Waals surface area contributed by atoms with Gasteiger partial charge in [0.15, 0.2) is 0 Å². The molecular weight excluding hydrogens is 394 g/mol. The molecule has 6 rings (SSSR count). The molecule has 3 N–H and O–H groups in total. The number of aliphatic hydroxyl groups excluding tert-OH is 1. The summed E-state index contributed by atoms with van der Waals surface area (Å²) in [4.78, 5) is 31.1. The molecule has 0 spiro atoms. The number of nitrogens with zero attached hydrogens (tertiary/aromatic N) is 2. The number of carbonyl (C=O) groups excluding carboxylic acids is 1. The Balaban J connectivity index is 1.67. The maximum atomic E-state index is 13.5. The standard InChI is InChI=1S/C24H23N3O4/c1-2-24(11-28)16-8-19-21-14(9-27(19)22(29)15(16)10-31-23(24)30)12-4-3-5-13-17(25)6-7-18(26-21)20(12)13/h6-8,28H,2-5,9-11,25H2,1H3. The number of esters is 1. The van der Waals surface area contributed by atoms with Crippen LogP contribution >= 0.6 is 0 Å². The first kappa shape index (κ1) is 18.6. The van der Waals surface area contributed by atoms with Crippen molar-refractivity contribution in [1.82, 2.24) is 9.55 Å². The molecule has 0 saturated carbocycles. The number of ether oxygens (including phenoxy) is 1. The molecule has 1 unspecified atom stereocenters. The summed E-state index contributed by atoms with van der Waals surface area (Å²) in [6.07, 6.45) is 3.23. The lowest BCUT2D eigenvalue weighted by molar-refractivity contribution is -0.156. The van der Waals surface area contributed by atoms with Crippen LogP contribution in [0.1, 0.15) is 47.6 Å². The summed E-state index contributed by atoms with van der Waals surface area (Å²) in [5, 5.41) is 11.3. The van der Waals surface area contributed by atoms with Crippen molar-refractivity contribution in [2.75, 3.05) is 12.3 Å². The minimum absolute atomic E-state index is 0.0612. The number of benzene rings is 1. The van der Waals surface area contributed by atoms with E-state index in [0.29, 0.717) is 29.8 Å². The zero-order chi connectivity index (χ0) is 21.5. The third-order valence-electron chi connectivity index (χ3n) is 7.45. The number of hydrogen-bond donors (Lipinski definition) is 2. The largest absolute Gasteiger partial charge is 0.460 e. The van der Waals surface area contributed by atoms with Crippen LogP contribution in [0.5, 0.6) is 0 Å². The zero-order valence-electron chi connectivity index (χ0n) is 17.3. The van der Waals surface area contributed by atoms with Crippen LogP contribution < -0.4 is 11.3 Å². The highest BCUT2D eigenvalue weighted by Gasteiger charge is 2.46. The topological polar surface area (TPSA) is 107 Å². The van der Waals surface area contributed by atoms with Gasteiger partial charge in [0.2, 0.25) is 0 Å². The van der Waals surface area contributed by atoms with Crippen molar-refractivity contribution < 1.29 is 14.6 Å². The molecule has 0 fully saturated rings. The van der Waals surface area contributed by atoms with E-state index >= 15 is 0 Å². The number of fused-ring (bicyclic) bond motifs is 5. The molecule has 3 aromatic rings. The number of carbonyl (C=O) groups is 1. The fourth-order valence-electron chi connectivity index (χ4n) is 5.68. The van der Waals surface area contributed by atoms with Gasteiger partial charge >= 0.3 is 5.97 Å². The first-order chi connectivity index (χ1) is 15.0. The Morgan fingerprint density at radius 2 is 2.00 bits per heavy atom. The third-order valence-corrected chi connectivity index (χ3v) is 7.45. The van der Waals surface area contributed by atoms with Crippen LogP contribution in [-0.4, -0.2) is 27.2 Å². The number of cyclic esters (lactones) is 1. The molecule has 0 amide bonds. The van der Waals surface area contributed by atoms with E-state index < -0.39 is 18.0 Å². The highest BCUT2D eigenvalue weighted by atomic mass is 16.5. The van der Waals surface area contributed by atoms with Gasteiger partial charge in [0.05, 0.1) is 35.6 Å². The van der Waals surface area contributed by atoms with E-state index in [1.54, 1.807) is 4.57 Å². The Morgan fingerprint density at radius 1 is 1.19 bits per heavy atom. The van der Waals surface area contributed by atoms with Gasteiger partial charge in [-0.15, -0.1) is 0 Å². The second-order valence-corrected chi connectivity index (χ2v) is 8.78. The van der Waals surface area contributed by atoms with E-state index in [1.807, 2.05) is 25.1 Å². The first-order valence-electron chi connectivity index (χ1n) is 10.8. The van der Waals surface area contributed by atoms with Crippen molar-refractivity contribution in [3.8, 4) is 11.4 Å². The number of aromatic nitrogens is 2. The summed E-state index contributed by atoms with van der Waals surface area (Å²) in [5.41, 5.74) is 12.5. The van der Waals surface area contributed by atoms with Crippen LogP contribution in [0.2, 0.25) is 0 Å². The molecule has 7 heteroatoms. The summed E-state index contributed by atoms with van der Waals surface area (Å²) >= 11 is 0. The second kappa shape index (κ2) is 6.17. The van der Waals surface area contributed by atoms with Crippen molar-refractivity contribution in [2.24, 2.45) is 0 Å². The number of aryl methyl sites for hydroxylation is 2. The zero-order valence-corrected chi connectivity index (χ0v) is 17.3. The van der Waals surface area contributed by atoms with Gasteiger partial charge in [-0.3, -0.25) is 9.59 Å². The van der Waals surface area contributed by atoms with Crippen LogP contribution in [0.25, 0.3) is 22.3 Å². The Hall–Kier alpha value is -3.19. The van der Waals surface area contributed by atoms with Crippen LogP contribution in [-0.2, 0) is 40.9 Å². The minimum atomic E-state index is -1.21.